The molecule has 3 heteroatoms. The predicted octanol–water partition coefficient (Wildman–Crippen LogP) is 2.39. The van der Waals surface area contributed by atoms with E-state index in [-0.39, 0.29) is 11.4 Å². The molecule has 5 rings (SSSR count). The van der Waals surface area contributed by atoms with Gasteiger partial charge in [0.05, 0.1) is 25.2 Å². The molecule has 100 valence electrons. The molecule has 5 aliphatic rings. The first-order valence-corrected chi connectivity index (χ1v) is 7.48. The molecule has 0 aromatic heterocycles. The second kappa shape index (κ2) is 3.96. The van der Waals surface area contributed by atoms with Crippen LogP contribution in [0, 0.1) is 29.1 Å². The first kappa shape index (κ1) is 11.3. The first-order valence-electron chi connectivity index (χ1n) is 7.48. The zero-order chi connectivity index (χ0) is 12.2. The monoisotopic (exact) mass is 250 g/mol. The highest BCUT2D eigenvalue weighted by Gasteiger charge is 2.55. The fourth-order valence-electron chi connectivity index (χ4n) is 5.09. The van der Waals surface area contributed by atoms with E-state index in [0.717, 1.165) is 50.2 Å². The molecule has 0 aromatic carbocycles. The number of hydrogen-bond acceptors (Lipinski definition) is 3. The van der Waals surface area contributed by atoms with Crippen LogP contribution in [0.15, 0.2) is 0 Å². The molecular formula is C15H22O3. The minimum Gasteiger partial charge on any atom is -0.465 e. The van der Waals surface area contributed by atoms with Crippen molar-refractivity contribution < 1.29 is 14.3 Å². The highest BCUT2D eigenvalue weighted by molar-refractivity contribution is 5.77. The molecule has 18 heavy (non-hydrogen) atoms. The van der Waals surface area contributed by atoms with Crippen molar-refractivity contribution in [1.82, 2.24) is 0 Å². The van der Waals surface area contributed by atoms with Crippen LogP contribution in [-0.2, 0) is 14.3 Å². The van der Waals surface area contributed by atoms with Gasteiger partial charge in [-0.1, -0.05) is 0 Å². The standard InChI is InChI=1S/C15H22O3/c16-14(18-9-13-7-17-8-13)15-4-10-1-11(5-15)3-12(2-10)6-15/h10-13H,1-9H2. The Bertz CT molecular complexity index is 323. The molecule has 1 saturated heterocycles. The van der Waals surface area contributed by atoms with Gasteiger partial charge in [0.25, 0.3) is 0 Å². The van der Waals surface area contributed by atoms with E-state index < -0.39 is 0 Å². The normalized spacial score (nSPS) is 45.9. The Morgan fingerprint density at radius 1 is 1.06 bits per heavy atom. The van der Waals surface area contributed by atoms with E-state index in [2.05, 4.69) is 0 Å². The molecule has 0 radical (unpaired) electrons. The quantitative estimate of drug-likeness (QED) is 0.721. The van der Waals surface area contributed by atoms with Crippen LogP contribution in [0.3, 0.4) is 0 Å². The van der Waals surface area contributed by atoms with E-state index in [4.69, 9.17) is 9.47 Å². The van der Waals surface area contributed by atoms with Gasteiger partial charge < -0.3 is 9.47 Å². The third-order valence-electron chi connectivity index (χ3n) is 5.63. The van der Waals surface area contributed by atoms with Gasteiger partial charge in [0.2, 0.25) is 0 Å². The number of esters is 1. The van der Waals surface area contributed by atoms with Crippen LogP contribution in [-0.4, -0.2) is 25.8 Å². The summed E-state index contributed by atoms with van der Waals surface area (Å²) in [6.07, 6.45) is 7.46. The molecule has 5 fully saturated rings. The molecule has 0 unspecified atom stereocenters. The van der Waals surface area contributed by atoms with Crippen molar-refractivity contribution >= 4 is 5.97 Å². The number of ether oxygens (including phenoxy) is 2. The summed E-state index contributed by atoms with van der Waals surface area (Å²) in [6.45, 7) is 2.13. The van der Waals surface area contributed by atoms with Crippen LogP contribution in [0.25, 0.3) is 0 Å². The SMILES string of the molecule is O=C(OCC1COC1)C12CC3CC(CC(C3)C1)C2. The van der Waals surface area contributed by atoms with E-state index in [1.807, 2.05) is 0 Å². The average Bonchev–Trinajstić information content (AvgIpc) is 2.24. The van der Waals surface area contributed by atoms with Crippen LogP contribution in [0.2, 0.25) is 0 Å². The fourth-order valence-corrected chi connectivity index (χ4v) is 5.09. The number of rotatable bonds is 3. The summed E-state index contributed by atoms with van der Waals surface area (Å²) in [5, 5.41) is 0. The molecule has 0 spiro atoms. The van der Waals surface area contributed by atoms with Gasteiger partial charge in [-0.25, -0.2) is 0 Å². The van der Waals surface area contributed by atoms with E-state index in [0.29, 0.717) is 12.5 Å². The van der Waals surface area contributed by atoms with Gasteiger partial charge >= 0.3 is 5.97 Å². The molecule has 1 aliphatic heterocycles. The lowest BCUT2D eigenvalue weighted by Crippen LogP contribution is -2.51. The van der Waals surface area contributed by atoms with Crippen molar-refractivity contribution in [1.29, 1.82) is 0 Å². The van der Waals surface area contributed by atoms with Gasteiger partial charge in [0.15, 0.2) is 0 Å². The second-order valence-corrected chi connectivity index (χ2v) is 7.20. The predicted molar refractivity (Wildman–Crippen MR) is 65.9 cm³/mol. The highest BCUT2D eigenvalue weighted by Crippen LogP contribution is 2.60. The van der Waals surface area contributed by atoms with E-state index >= 15 is 0 Å². The second-order valence-electron chi connectivity index (χ2n) is 7.20. The number of hydrogen-bond donors (Lipinski definition) is 0. The van der Waals surface area contributed by atoms with Crippen molar-refractivity contribution in [2.24, 2.45) is 29.1 Å². The highest BCUT2D eigenvalue weighted by atomic mass is 16.5. The fraction of sp³-hybridized carbons (Fsp3) is 0.933. The first-order chi connectivity index (χ1) is 8.73. The Kier molecular flexibility index (Phi) is 2.48. The molecule has 4 bridgehead atoms. The van der Waals surface area contributed by atoms with E-state index in [9.17, 15) is 4.79 Å². The van der Waals surface area contributed by atoms with E-state index in [1.54, 1.807) is 0 Å². The molecule has 0 aromatic rings. The van der Waals surface area contributed by atoms with Crippen molar-refractivity contribution in [2.45, 2.75) is 38.5 Å². The Morgan fingerprint density at radius 2 is 1.61 bits per heavy atom. The van der Waals surface area contributed by atoms with Gasteiger partial charge in [-0.05, 0) is 56.3 Å². The molecule has 3 nitrogen and oxygen atoms in total. The van der Waals surface area contributed by atoms with Crippen molar-refractivity contribution in [3.8, 4) is 0 Å². The zero-order valence-corrected chi connectivity index (χ0v) is 10.9. The molecule has 4 saturated carbocycles. The summed E-state index contributed by atoms with van der Waals surface area (Å²) < 4.78 is 10.7. The summed E-state index contributed by atoms with van der Waals surface area (Å²) in [5.41, 5.74) is -0.0840. The van der Waals surface area contributed by atoms with Gasteiger partial charge in [-0.15, -0.1) is 0 Å². The van der Waals surface area contributed by atoms with Crippen LogP contribution in [0.5, 0.6) is 0 Å². The zero-order valence-electron chi connectivity index (χ0n) is 10.9. The number of carbonyl (C=O) groups is 1. The lowest BCUT2D eigenvalue weighted by molar-refractivity contribution is -0.177. The Labute approximate surface area is 108 Å². The summed E-state index contributed by atoms with van der Waals surface area (Å²) >= 11 is 0. The Morgan fingerprint density at radius 3 is 2.06 bits per heavy atom. The summed E-state index contributed by atoms with van der Waals surface area (Å²) in [6, 6.07) is 0. The maximum absolute atomic E-state index is 12.5. The molecule has 4 aliphatic carbocycles. The van der Waals surface area contributed by atoms with Crippen LogP contribution >= 0.6 is 0 Å². The Balaban J connectivity index is 1.44. The van der Waals surface area contributed by atoms with Gasteiger partial charge in [0, 0.05) is 5.92 Å². The maximum Gasteiger partial charge on any atom is 0.312 e. The number of carbonyl (C=O) groups excluding carboxylic acids is 1. The molecule has 0 amide bonds. The summed E-state index contributed by atoms with van der Waals surface area (Å²) in [4.78, 5) is 12.5. The average molecular weight is 250 g/mol. The van der Waals surface area contributed by atoms with Crippen molar-refractivity contribution in [3.05, 3.63) is 0 Å². The van der Waals surface area contributed by atoms with Crippen LogP contribution in [0.4, 0.5) is 0 Å². The smallest absolute Gasteiger partial charge is 0.312 e. The van der Waals surface area contributed by atoms with Gasteiger partial charge in [-0.3, -0.25) is 4.79 Å². The minimum absolute atomic E-state index is 0.0840. The third kappa shape index (κ3) is 1.70. The molecule has 0 atom stereocenters. The minimum atomic E-state index is -0.0840. The summed E-state index contributed by atoms with van der Waals surface area (Å²) in [7, 11) is 0. The molecule has 1 heterocycles. The summed E-state index contributed by atoms with van der Waals surface area (Å²) in [5.74, 6) is 3.03. The lowest BCUT2D eigenvalue weighted by Gasteiger charge is -2.55. The van der Waals surface area contributed by atoms with Crippen LogP contribution in [0.1, 0.15) is 38.5 Å². The van der Waals surface area contributed by atoms with Crippen molar-refractivity contribution in [2.75, 3.05) is 19.8 Å². The maximum atomic E-state index is 12.5. The molecule has 0 N–H and O–H groups in total. The lowest BCUT2D eigenvalue weighted by atomic mass is 9.49. The Hall–Kier alpha value is -0.570. The van der Waals surface area contributed by atoms with Gasteiger partial charge in [0.1, 0.15) is 0 Å². The topological polar surface area (TPSA) is 35.5 Å². The molecular weight excluding hydrogens is 228 g/mol. The van der Waals surface area contributed by atoms with Crippen molar-refractivity contribution in [3.63, 3.8) is 0 Å². The third-order valence-corrected chi connectivity index (χ3v) is 5.63. The largest absolute Gasteiger partial charge is 0.465 e. The van der Waals surface area contributed by atoms with E-state index in [1.165, 1.54) is 19.3 Å². The van der Waals surface area contributed by atoms with Crippen LogP contribution < -0.4 is 0 Å². The van der Waals surface area contributed by atoms with Gasteiger partial charge in [-0.2, -0.15) is 0 Å².